The normalized spacial score (nSPS) is 15.8. The van der Waals surface area contributed by atoms with Crippen molar-refractivity contribution in [3.63, 3.8) is 0 Å². The van der Waals surface area contributed by atoms with Crippen LogP contribution in [0, 0.1) is 0 Å². The molecule has 0 bridgehead atoms. The first kappa shape index (κ1) is 18.1. The molecule has 0 N–H and O–H groups in total. The Hall–Kier alpha value is -0.890. The van der Waals surface area contributed by atoms with Crippen LogP contribution in [0.3, 0.4) is 0 Å². The van der Waals surface area contributed by atoms with E-state index in [0.29, 0.717) is 0 Å². The average molecular weight is 265 g/mol. The van der Waals surface area contributed by atoms with Crippen molar-refractivity contribution in [1.29, 1.82) is 0 Å². The van der Waals surface area contributed by atoms with Crippen LogP contribution in [-0.2, 0) is 4.74 Å². The predicted octanol–water partition coefficient (Wildman–Crippen LogP) is 5.30. The van der Waals surface area contributed by atoms with Crippen molar-refractivity contribution in [3.8, 4) is 0 Å². The number of hydrogen-bond donors (Lipinski definition) is 0. The monoisotopic (exact) mass is 265 g/mol. The van der Waals surface area contributed by atoms with Gasteiger partial charge in [-0.1, -0.05) is 23.3 Å². The van der Waals surface area contributed by atoms with Crippen molar-refractivity contribution in [3.05, 3.63) is 23.3 Å². The van der Waals surface area contributed by atoms with E-state index in [1.807, 2.05) is 13.8 Å². The van der Waals surface area contributed by atoms with E-state index in [-0.39, 0.29) is 6.23 Å². The lowest BCUT2D eigenvalue weighted by Crippen LogP contribution is -2.07. The summed E-state index contributed by atoms with van der Waals surface area (Å²) >= 11 is 0. The maximum Gasteiger partial charge on any atom is 0.145 e. The smallest absolute Gasteiger partial charge is 0.145 e. The van der Waals surface area contributed by atoms with E-state index in [1.54, 1.807) is 0 Å². The Kier molecular flexibility index (Phi) is 10.5. The van der Waals surface area contributed by atoms with E-state index in [0.717, 1.165) is 25.9 Å². The average Bonchev–Trinajstić information content (AvgIpc) is 2.36. The number of ether oxygens (including phenoxy) is 1. The highest BCUT2D eigenvalue weighted by atomic mass is 16.5. The highest BCUT2D eigenvalue weighted by molar-refractivity contribution is 5.82. The Labute approximate surface area is 119 Å². The van der Waals surface area contributed by atoms with Gasteiger partial charge in [0.25, 0.3) is 0 Å². The van der Waals surface area contributed by atoms with E-state index in [4.69, 9.17) is 4.74 Å². The number of rotatable bonds is 9. The van der Waals surface area contributed by atoms with Crippen molar-refractivity contribution >= 4 is 5.71 Å². The second-order valence-corrected chi connectivity index (χ2v) is 5.14. The Balaban J connectivity index is 4.00. The fraction of sp³-hybridized carbons (Fsp3) is 0.706. The zero-order valence-corrected chi connectivity index (χ0v) is 13.6. The molecule has 0 aliphatic rings. The standard InChI is InChI=1S/C17H31NO/c1-7-14(3)10-9-11-15(4)12-13-16(5)18-17(6)19-8-2/h7,11,17H,8-10,12-13H2,1-6H3/b14-7+,15-11+,18-16?. The van der Waals surface area contributed by atoms with Crippen molar-refractivity contribution in [1.82, 2.24) is 0 Å². The molecule has 0 aliphatic heterocycles. The Bertz CT molecular complexity index is 326. The Morgan fingerprint density at radius 2 is 1.79 bits per heavy atom. The quantitative estimate of drug-likeness (QED) is 0.409. The summed E-state index contributed by atoms with van der Waals surface area (Å²) in [4.78, 5) is 4.52. The number of nitrogens with zero attached hydrogens (tertiary/aromatic N) is 1. The van der Waals surface area contributed by atoms with Gasteiger partial charge >= 0.3 is 0 Å². The second kappa shape index (κ2) is 11.0. The molecule has 2 heteroatoms. The molecule has 0 aromatic rings. The third kappa shape index (κ3) is 10.7. The molecule has 0 radical (unpaired) electrons. The van der Waals surface area contributed by atoms with Gasteiger partial charge in [0.15, 0.2) is 0 Å². The molecule has 0 aromatic carbocycles. The van der Waals surface area contributed by atoms with Gasteiger partial charge in [0.2, 0.25) is 0 Å². The molecule has 19 heavy (non-hydrogen) atoms. The van der Waals surface area contributed by atoms with Crippen molar-refractivity contribution in [2.45, 2.75) is 73.5 Å². The van der Waals surface area contributed by atoms with Gasteiger partial charge in [0.05, 0.1) is 0 Å². The summed E-state index contributed by atoms with van der Waals surface area (Å²) in [6, 6.07) is 0. The van der Waals surface area contributed by atoms with E-state index >= 15 is 0 Å². The predicted molar refractivity (Wildman–Crippen MR) is 85.9 cm³/mol. The van der Waals surface area contributed by atoms with E-state index in [2.05, 4.69) is 44.8 Å². The van der Waals surface area contributed by atoms with Crippen LogP contribution in [0.4, 0.5) is 0 Å². The summed E-state index contributed by atoms with van der Waals surface area (Å²) in [6.45, 7) is 13.3. The van der Waals surface area contributed by atoms with Crippen molar-refractivity contribution < 1.29 is 4.74 Å². The van der Waals surface area contributed by atoms with Crippen molar-refractivity contribution in [2.75, 3.05) is 6.61 Å². The first-order chi connectivity index (χ1) is 8.99. The van der Waals surface area contributed by atoms with E-state index < -0.39 is 0 Å². The Morgan fingerprint density at radius 3 is 2.37 bits per heavy atom. The fourth-order valence-corrected chi connectivity index (χ4v) is 1.82. The maximum absolute atomic E-state index is 5.41. The summed E-state index contributed by atoms with van der Waals surface area (Å²) in [5, 5.41) is 0. The van der Waals surface area contributed by atoms with Crippen molar-refractivity contribution in [2.24, 2.45) is 4.99 Å². The molecular formula is C17H31NO. The molecule has 0 heterocycles. The SMILES string of the molecule is C/C=C(\C)CC/C=C(\C)CCC(C)=NC(C)OCC. The summed E-state index contributed by atoms with van der Waals surface area (Å²) in [7, 11) is 0. The molecule has 0 fully saturated rings. The molecule has 0 saturated heterocycles. The number of hydrogen-bond acceptors (Lipinski definition) is 2. The van der Waals surface area contributed by atoms with E-state index in [1.165, 1.54) is 23.3 Å². The molecule has 1 atom stereocenters. The summed E-state index contributed by atoms with van der Waals surface area (Å²) in [5.41, 5.74) is 4.10. The lowest BCUT2D eigenvalue weighted by Gasteiger charge is -2.08. The van der Waals surface area contributed by atoms with Gasteiger partial charge in [0.1, 0.15) is 6.23 Å². The van der Waals surface area contributed by atoms with Gasteiger partial charge < -0.3 is 4.74 Å². The maximum atomic E-state index is 5.41. The summed E-state index contributed by atoms with van der Waals surface area (Å²) in [5.74, 6) is 0. The molecule has 0 spiro atoms. The van der Waals surface area contributed by atoms with Crippen LogP contribution in [0.25, 0.3) is 0 Å². The van der Waals surface area contributed by atoms with Gasteiger partial charge in [0, 0.05) is 12.3 Å². The van der Waals surface area contributed by atoms with Gasteiger partial charge in [-0.2, -0.15) is 0 Å². The molecule has 0 rings (SSSR count). The van der Waals surface area contributed by atoms with Crippen LogP contribution in [0.2, 0.25) is 0 Å². The lowest BCUT2D eigenvalue weighted by molar-refractivity contribution is 0.0830. The zero-order valence-electron chi connectivity index (χ0n) is 13.6. The third-order valence-corrected chi connectivity index (χ3v) is 3.22. The molecule has 0 saturated carbocycles. The molecule has 0 amide bonds. The van der Waals surface area contributed by atoms with Gasteiger partial charge in [-0.3, -0.25) is 4.99 Å². The van der Waals surface area contributed by atoms with Crippen LogP contribution in [0.15, 0.2) is 28.3 Å². The minimum Gasteiger partial charge on any atom is -0.357 e. The number of aliphatic imine (C=N–C) groups is 1. The zero-order chi connectivity index (χ0) is 14.7. The van der Waals surface area contributed by atoms with Crippen LogP contribution in [0.5, 0.6) is 0 Å². The summed E-state index contributed by atoms with van der Waals surface area (Å²) in [6.07, 6.45) is 8.98. The topological polar surface area (TPSA) is 21.6 Å². The first-order valence-electron chi connectivity index (χ1n) is 7.41. The summed E-state index contributed by atoms with van der Waals surface area (Å²) < 4.78 is 5.41. The van der Waals surface area contributed by atoms with Gasteiger partial charge in [-0.25, -0.2) is 0 Å². The molecule has 110 valence electrons. The highest BCUT2D eigenvalue weighted by Gasteiger charge is 1.99. The number of allylic oxidation sites excluding steroid dienone is 4. The second-order valence-electron chi connectivity index (χ2n) is 5.14. The van der Waals surface area contributed by atoms with Crippen LogP contribution >= 0.6 is 0 Å². The molecule has 0 aliphatic carbocycles. The highest BCUT2D eigenvalue weighted by Crippen LogP contribution is 2.11. The fourth-order valence-electron chi connectivity index (χ4n) is 1.82. The first-order valence-corrected chi connectivity index (χ1v) is 7.41. The lowest BCUT2D eigenvalue weighted by atomic mass is 10.1. The third-order valence-electron chi connectivity index (χ3n) is 3.22. The molecular weight excluding hydrogens is 234 g/mol. The molecule has 0 aromatic heterocycles. The van der Waals surface area contributed by atoms with Crippen LogP contribution < -0.4 is 0 Å². The molecule has 2 nitrogen and oxygen atoms in total. The van der Waals surface area contributed by atoms with E-state index in [9.17, 15) is 0 Å². The van der Waals surface area contributed by atoms with Gasteiger partial charge in [-0.15, -0.1) is 0 Å². The van der Waals surface area contributed by atoms with Gasteiger partial charge in [-0.05, 0) is 67.2 Å². The minimum absolute atomic E-state index is 0.00775. The molecule has 1 unspecified atom stereocenters. The minimum atomic E-state index is -0.00775. The Morgan fingerprint density at radius 1 is 1.11 bits per heavy atom. The van der Waals surface area contributed by atoms with Crippen LogP contribution in [-0.4, -0.2) is 18.5 Å². The largest absolute Gasteiger partial charge is 0.357 e. The van der Waals surface area contributed by atoms with Crippen LogP contribution in [0.1, 0.15) is 67.2 Å².